The predicted octanol–water partition coefficient (Wildman–Crippen LogP) is 5.24. The van der Waals surface area contributed by atoms with E-state index in [2.05, 4.69) is 5.32 Å². The van der Waals surface area contributed by atoms with Gasteiger partial charge in [-0.25, -0.2) is 9.29 Å². The van der Waals surface area contributed by atoms with Gasteiger partial charge in [-0.15, -0.1) is 0 Å². The van der Waals surface area contributed by atoms with Crippen LogP contribution < -0.4 is 15.0 Å². The number of imide groups is 1. The van der Waals surface area contributed by atoms with Gasteiger partial charge in [-0.1, -0.05) is 29.8 Å². The third kappa shape index (κ3) is 3.99. The maximum atomic E-state index is 13.8. The molecular weight excluding hydrogens is 407 g/mol. The van der Waals surface area contributed by atoms with E-state index < -0.39 is 17.6 Å². The highest BCUT2D eigenvalue weighted by Crippen LogP contribution is 2.35. The van der Waals surface area contributed by atoms with Crippen molar-refractivity contribution < 1.29 is 18.7 Å². The molecule has 0 fully saturated rings. The number of aryl methyl sites for hydroxylation is 2. The van der Waals surface area contributed by atoms with Crippen LogP contribution in [0.1, 0.15) is 23.6 Å². The van der Waals surface area contributed by atoms with Crippen LogP contribution in [0.4, 0.5) is 15.8 Å². The van der Waals surface area contributed by atoms with Crippen molar-refractivity contribution in [1.29, 1.82) is 0 Å². The number of carbonyl (C=O) groups excluding carboxylic acids is 2. The maximum absolute atomic E-state index is 13.8. The summed E-state index contributed by atoms with van der Waals surface area (Å²) in [4.78, 5) is 28.1. The van der Waals surface area contributed by atoms with Gasteiger partial charge in [0.05, 0.1) is 17.9 Å². The van der Waals surface area contributed by atoms with Crippen molar-refractivity contribution in [2.24, 2.45) is 0 Å². The van der Waals surface area contributed by atoms with Gasteiger partial charge in [-0.2, -0.15) is 0 Å². The number of nitrogens with one attached hydrogen (secondary N) is 1. The van der Waals surface area contributed by atoms with Gasteiger partial charge in [0.1, 0.15) is 17.3 Å². The van der Waals surface area contributed by atoms with E-state index in [1.165, 1.54) is 12.1 Å². The van der Waals surface area contributed by atoms with Gasteiger partial charge in [-0.05, 0) is 74.4 Å². The quantitative estimate of drug-likeness (QED) is 0.544. The summed E-state index contributed by atoms with van der Waals surface area (Å²) in [5.74, 6) is -0.733. The molecule has 5 nitrogen and oxygen atoms in total. The van der Waals surface area contributed by atoms with Gasteiger partial charge in [0.2, 0.25) is 0 Å². The highest BCUT2D eigenvalue weighted by molar-refractivity contribution is 6.46. The first-order valence-electron chi connectivity index (χ1n) is 10.3. The monoisotopic (exact) mass is 430 g/mol. The molecule has 2 amide bonds. The summed E-state index contributed by atoms with van der Waals surface area (Å²) in [6.45, 7) is 6.25. The largest absolute Gasteiger partial charge is 0.494 e. The Kier molecular flexibility index (Phi) is 5.77. The number of hydrogen-bond donors (Lipinski definition) is 1. The summed E-state index contributed by atoms with van der Waals surface area (Å²) < 4.78 is 19.2. The number of anilines is 2. The summed E-state index contributed by atoms with van der Waals surface area (Å²) in [6.07, 6.45) is 0. The van der Waals surface area contributed by atoms with Gasteiger partial charge in [0.25, 0.3) is 11.8 Å². The Balaban J connectivity index is 1.80. The Hall–Kier alpha value is -3.93. The van der Waals surface area contributed by atoms with Crippen molar-refractivity contribution in [3.05, 3.63) is 94.9 Å². The molecule has 1 aliphatic rings. The Morgan fingerprint density at radius 1 is 0.938 bits per heavy atom. The zero-order chi connectivity index (χ0) is 22.8. The molecule has 6 heteroatoms. The molecule has 3 aromatic rings. The molecule has 0 radical (unpaired) electrons. The van der Waals surface area contributed by atoms with Crippen molar-refractivity contribution in [2.45, 2.75) is 20.8 Å². The smallest absolute Gasteiger partial charge is 0.282 e. The van der Waals surface area contributed by atoms with Gasteiger partial charge >= 0.3 is 0 Å². The number of halogens is 1. The average molecular weight is 430 g/mol. The van der Waals surface area contributed by atoms with E-state index in [-0.39, 0.29) is 11.3 Å². The molecule has 0 unspecified atom stereocenters. The van der Waals surface area contributed by atoms with Crippen LogP contribution in [0.25, 0.3) is 5.57 Å². The molecular formula is C26H23FN2O3. The zero-order valence-corrected chi connectivity index (χ0v) is 18.1. The third-order valence-electron chi connectivity index (χ3n) is 5.24. The maximum Gasteiger partial charge on any atom is 0.282 e. The van der Waals surface area contributed by atoms with E-state index in [4.69, 9.17) is 4.74 Å². The summed E-state index contributed by atoms with van der Waals surface area (Å²) in [5, 5.41) is 2.99. The van der Waals surface area contributed by atoms with Crippen LogP contribution in [0.15, 0.2) is 72.4 Å². The highest BCUT2D eigenvalue weighted by atomic mass is 19.1. The van der Waals surface area contributed by atoms with Crippen molar-refractivity contribution in [3.8, 4) is 5.75 Å². The first-order valence-corrected chi connectivity index (χ1v) is 10.3. The molecule has 0 spiro atoms. The van der Waals surface area contributed by atoms with Crippen molar-refractivity contribution in [2.75, 3.05) is 16.8 Å². The van der Waals surface area contributed by atoms with E-state index in [1.807, 2.05) is 39.0 Å². The molecule has 32 heavy (non-hydrogen) atoms. The van der Waals surface area contributed by atoms with E-state index in [0.29, 0.717) is 29.3 Å². The molecule has 0 bridgehead atoms. The van der Waals surface area contributed by atoms with Crippen molar-refractivity contribution in [3.63, 3.8) is 0 Å². The third-order valence-corrected chi connectivity index (χ3v) is 5.24. The SMILES string of the molecule is CCOc1ccc(N2C(=O)C(Nc3cccc(F)c3)=C(c3ccc(C)cc3C)C2=O)cc1. The number of nitrogens with zero attached hydrogens (tertiary/aromatic N) is 1. The van der Waals surface area contributed by atoms with E-state index >= 15 is 0 Å². The fraction of sp³-hybridized carbons (Fsp3) is 0.154. The predicted molar refractivity (Wildman–Crippen MR) is 123 cm³/mol. The number of ether oxygens (including phenoxy) is 1. The molecule has 0 atom stereocenters. The first kappa shape index (κ1) is 21.3. The number of hydrogen-bond acceptors (Lipinski definition) is 4. The fourth-order valence-corrected chi connectivity index (χ4v) is 3.79. The summed E-state index contributed by atoms with van der Waals surface area (Å²) in [5.41, 5.74) is 3.76. The molecule has 0 aromatic heterocycles. The van der Waals surface area contributed by atoms with E-state index in [0.717, 1.165) is 16.0 Å². The molecule has 162 valence electrons. The highest BCUT2D eigenvalue weighted by Gasteiger charge is 2.40. The van der Waals surface area contributed by atoms with Crippen LogP contribution in [0.5, 0.6) is 5.75 Å². The molecule has 0 aliphatic carbocycles. The number of carbonyl (C=O) groups is 2. The second-order valence-electron chi connectivity index (χ2n) is 7.58. The van der Waals surface area contributed by atoms with E-state index in [1.54, 1.807) is 36.4 Å². The van der Waals surface area contributed by atoms with Gasteiger partial charge in [0, 0.05) is 5.69 Å². The lowest BCUT2D eigenvalue weighted by molar-refractivity contribution is -0.120. The van der Waals surface area contributed by atoms with Crippen LogP contribution in [0, 0.1) is 19.7 Å². The fourth-order valence-electron chi connectivity index (χ4n) is 3.79. The lowest BCUT2D eigenvalue weighted by Crippen LogP contribution is -2.32. The number of rotatable bonds is 6. The molecule has 4 rings (SSSR count). The van der Waals surface area contributed by atoms with Crippen LogP contribution in [-0.4, -0.2) is 18.4 Å². The minimum absolute atomic E-state index is 0.112. The zero-order valence-electron chi connectivity index (χ0n) is 18.1. The molecule has 0 saturated carbocycles. The summed E-state index contributed by atoms with van der Waals surface area (Å²) in [7, 11) is 0. The lowest BCUT2D eigenvalue weighted by Gasteiger charge is -2.16. The van der Waals surface area contributed by atoms with Gasteiger partial charge in [0.15, 0.2) is 0 Å². The lowest BCUT2D eigenvalue weighted by atomic mass is 9.97. The Morgan fingerprint density at radius 3 is 2.34 bits per heavy atom. The summed E-state index contributed by atoms with van der Waals surface area (Å²) >= 11 is 0. The second kappa shape index (κ2) is 8.67. The Labute approximate surface area is 186 Å². The Bertz CT molecular complexity index is 1230. The van der Waals surface area contributed by atoms with Crippen LogP contribution >= 0.6 is 0 Å². The molecule has 0 saturated heterocycles. The second-order valence-corrected chi connectivity index (χ2v) is 7.58. The number of amides is 2. The van der Waals surface area contributed by atoms with Gasteiger partial charge < -0.3 is 10.1 Å². The van der Waals surface area contributed by atoms with E-state index in [9.17, 15) is 14.0 Å². The van der Waals surface area contributed by atoms with Gasteiger partial charge in [-0.3, -0.25) is 9.59 Å². The molecule has 1 N–H and O–H groups in total. The molecule has 3 aromatic carbocycles. The average Bonchev–Trinajstić information content (AvgIpc) is 2.99. The van der Waals surface area contributed by atoms with Crippen LogP contribution in [-0.2, 0) is 9.59 Å². The topological polar surface area (TPSA) is 58.6 Å². The normalized spacial score (nSPS) is 13.7. The first-order chi connectivity index (χ1) is 15.4. The minimum atomic E-state index is -0.501. The molecule has 1 aliphatic heterocycles. The van der Waals surface area contributed by atoms with Crippen molar-refractivity contribution >= 4 is 28.8 Å². The number of benzene rings is 3. The molecule has 1 heterocycles. The minimum Gasteiger partial charge on any atom is -0.494 e. The van der Waals surface area contributed by atoms with Crippen LogP contribution in [0.3, 0.4) is 0 Å². The summed E-state index contributed by atoms with van der Waals surface area (Å²) in [6, 6.07) is 18.3. The van der Waals surface area contributed by atoms with Crippen molar-refractivity contribution in [1.82, 2.24) is 0 Å². The van der Waals surface area contributed by atoms with Crippen LogP contribution in [0.2, 0.25) is 0 Å². The Morgan fingerprint density at radius 2 is 1.69 bits per heavy atom. The standard InChI is InChI=1S/C26H23FN2O3/c1-4-32-21-11-9-20(10-12-21)29-25(30)23(22-13-8-16(2)14-17(22)3)24(26(29)31)28-19-7-5-6-18(27)15-19/h5-15,28H,4H2,1-3H3.